The first-order chi connectivity index (χ1) is 23.0. The summed E-state index contributed by atoms with van der Waals surface area (Å²) >= 11 is 0. The number of aliphatic hydroxyl groups is 2. The number of amides is 1. The summed E-state index contributed by atoms with van der Waals surface area (Å²) < 4.78 is 81.4. The summed E-state index contributed by atoms with van der Waals surface area (Å²) in [6.07, 6.45) is -1.72. The van der Waals surface area contributed by atoms with E-state index in [4.69, 9.17) is 9.47 Å². The summed E-state index contributed by atoms with van der Waals surface area (Å²) in [5.41, 5.74) is 1.98. The molecule has 254 valence electrons. The second kappa shape index (κ2) is 15.3. The summed E-state index contributed by atoms with van der Waals surface area (Å²) in [5, 5.41) is 22.7. The van der Waals surface area contributed by atoms with Crippen molar-refractivity contribution < 1.29 is 46.4 Å². The van der Waals surface area contributed by atoms with Crippen molar-refractivity contribution in [3.05, 3.63) is 141 Å². The van der Waals surface area contributed by atoms with Crippen LogP contribution in [0.5, 0.6) is 0 Å². The molecular weight excluding hydrogens is 635 g/mol. The fourth-order valence-electron chi connectivity index (χ4n) is 5.56. The van der Waals surface area contributed by atoms with Crippen molar-refractivity contribution in [2.24, 2.45) is 0 Å². The third-order valence-corrected chi connectivity index (χ3v) is 8.54. The number of aliphatic hydroxyl groups excluding tert-OH is 2. The number of halogens is 5. The fourth-order valence-corrected chi connectivity index (χ4v) is 5.56. The highest BCUT2D eigenvalue weighted by Crippen LogP contribution is 2.38. The lowest BCUT2D eigenvalue weighted by Crippen LogP contribution is -2.43. The predicted molar refractivity (Wildman–Crippen MR) is 166 cm³/mol. The van der Waals surface area contributed by atoms with Crippen molar-refractivity contribution in [1.82, 2.24) is 10.2 Å². The minimum atomic E-state index is -2.35. The van der Waals surface area contributed by atoms with Crippen LogP contribution in [0.1, 0.15) is 70.0 Å². The monoisotopic (exact) mass is 670 g/mol. The van der Waals surface area contributed by atoms with E-state index >= 15 is 0 Å². The average Bonchev–Trinajstić information content (AvgIpc) is 3.12. The van der Waals surface area contributed by atoms with Crippen LogP contribution in [0.2, 0.25) is 0 Å². The third-order valence-electron chi connectivity index (χ3n) is 8.54. The Bertz CT molecular complexity index is 1680. The van der Waals surface area contributed by atoms with E-state index in [0.717, 1.165) is 16.7 Å². The molecule has 0 bridgehead atoms. The van der Waals surface area contributed by atoms with Gasteiger partial charge in [-0.05, 0) is 36.2 Å². The summed E-state index contributed by atoms with van der Waals surface area (Å²) in [6, 6.07) is 23.1. The SMILES string of the molecule is C[C@H]([C@@H](O)c1ccccc1)N(C)C[C@H]1C[C@@H](c2ccc(CO)cc2)O[C@@H](c2ccc(CNC(=O)c3c(F)c(F)c(F)c(F)c3F)cc2)O1. The molecule has 7 nitrogen and oxygen atoms in total. The maximum Gasteiger partial charge on any atom is 0.257 e. The fraction of sp³-hybridized carbons (Fsp3) is 0.306. The summed E-state index contributed by atoms with van der Waals surface area (Å²) in [5.74, 6) is -12.6. The van der Waals surface area contributed by atoms with E-state index in [2.05, 4.69) is 5.32 Å². The topological polar surface area (TPSA) is 91.3 Å². The average molecular weight is 671 g/mol. The number of ether oxygens (including phenoxy) is 2. The van der Waals surface area contributed by atoms with Gasteiger partial charge in [0, 0.05) is 31.1 Å². The minimum absolute atomic E-state index is 0.0963. The van der Waals surface area contributed by atoms with Gasteiger partial charge in [-0.15, -0.1) is 0 Å². The molecule has 5 atom stereocenters. The molecule has 3 N–H and O–H groups in total. The Labute approximate surface area is 274 Å². The lowest BCUT2D eigenvalue weighted by molar-refractivity contribution is -0.253. The van der Waals surface area contributed by atoms with Crippen LogP contribution in [0.25, 0.3) is 0 Å². The second-order valence-corrected chi connectivity index (χ2v) is 11.8. The summed E-state index contributed by atoms with van der Waals surface area (Å²) in [4.78, 5) is 14.4. The number of carbonyl (C=O) groups excluding carboxylic acids is 1. The van der Waals surface area contributed by atoms with Crippen molar-refractivity contribution in [3.8, 4) is 0 Å². The van der Waals surface area contributed by atoms with Gasteiger partial charge < -0.3 is 25.0 Å². The highest BCUT2D eigenvalue weighted by molar-refractivity contribution is 5.94. The van der Waals surface area contributed by atoms with Gasteiger partial charge >= 0.3 is 0 Å². The highest BCUT2D eigenvalue weighted by atomic mass is 19.2. The molecule has 0 spiro atoms. The lowest BCUT2D eigenvalue weighted by Gasteiger charge is -2.39. The van der Waals surface area contributed by atoms with E-state index in [1.807, 2.05) is 73.5 Å². The van der Waals surface area contributed by atoms with Crippen molar-refractivity contribution in [2.75, 3.05) is 13.6 Å². The van der Waals surface area contributed by atoms with E-state index in [1.165, 1.54) is 0 Å². The van der Waals surface area contributed by atoms with Crippen LogP contribution in [-0.2, 0) is 22.6 Å². The molecule has 1 amide bonds. The first-order valence-corrected chi connectivity index (χ1v) is 15.3. The van der Waals surface area contributed by atoms with E-state index in [9.17, 15) is 37.0 Å². The molecule has 1 saturated heterocycles. The zero-order valence-corrected chi connectivity index (χ0v) is 26.2. The number of nitrogens with zero attached hydrogens (tertiary/aromatic N) is 1. The number of hydrogen-bond donors (Lipinski definition) is 3. The van der Waals surface area contributed by atoms with Gasteiger partial charge in [0.25, 0.3) is 5.91 Å². The maximum absolute atomic E-state index is 14.1. The lowest BCUT2D eigenvalue weighted by atomic mass is 9.98. The van der Waals surface area contributed by atoms with Crippen LogP contribution in [0.4, 0.5) is 22.0 Å². The number of hydrogen-bond acceptors (Lipinski definition) is 6. The van der Waals surface area contributed by atoms with Crippen molar-refractivity contribution in [3.63, 3.8) is 0 Å². The molecule has 1 aliphatic rings. The Balaban J connectivity index is 1.30. The van der Waals surface area contributed by atoms with Crippen LogP contribution in [0.3, 0.4) is 0 Å². The number of carbonyl (C=O) groups is 1. The van der Waals surface area contributed by atoms with Gasteiger partial charge in [-0.25, -0.2) is 22.0 Å². The molecule has 48 heavy (non-hydrogen) atoms. The van der Waals surface area contributed by atoms with Gasteiger partial charge in [0.05, 0.1) is 24.9 Å². The zero-order valence-electron chi connectivity index (χ0n) is 26.2. The smallest absolute Gasteiger partial charge is 0.257 e. The van der Waals surface area contributed by atoms with Gasteiger partial charge in [-0.3, -0.25) is 9.69 Å². The van der Waals surface area contributed by atoms with Gasteiger partial charge in [0.1, 0.15) is 5.56 Å². The van der Waals surface area contributed by atoms with E-state index in [1.54, 1.807) is 24.3 Å². The third kappa shape index (κ3) is 7.74. The maximum atomic E-state index is 14.1. The van der Waals surface area contributed by atoms with Crippen molar-refractivity contribution in [2.45, 2.75) is 57.1 Å². The molecule has 0 aliphatic carbocycles. The Morgan fingerprint density at radius 1 is 0.833 bits per heavy atom. The largest absolute Gasteiger partial charge is 0.392 e. The molecule has 1 aliphatic heterocycles. The van der Waals surface area contributed by atoms with Crippen LogP contribution in [0, 0.1) is 29.1 Å². The van der Waals surface area contributed by atoms with Crippen LogP contribution < -0.4 is 5.32 Å². The van der Waals surface area contributed by atoms with Gasteiger partial charge in [-0.1, -0.05) is 78.9 Å². The predicted octanol–water partition coefficient (Wildman–Crippen LogP) is 6.40. The number of likely N-dealkylation sites (N-methyl/N-ethyl adjacent to an activating group) is 1. The standard InChI is InChI=1S/C36H35F5N2O5/c1-20(34(45)24-6-4-3-5-7-24)43(2)18-26-16-27(23-12-10-22(19-44)11-13-23)48-36(47-26)25-14-8-21(9-15-25)17-42-35(46)28-29(37)31(39)33(41)32(40)30(28)38/h3-15,20,26-27,34,36,44-45H,16-19H2,1-2H3,(H,42,46)/t20-,26-,27+,34-,36+/m1/s1. The van der Waals surface area contributed by atoms with E-state index in [-0.39, 0.29) is 31.4 Å². The van der Waals surface area contributed by atoms with E-state index < -0.39 is 53.0 Å². The van der Waals surface area contributed by atoms with Gasteiger partial charge in [0.15, 0.2) is 29.6 Å². The molecule has 4 aromatic rings. The first kappa shape index (κ1) is 35.1. The van der Waals surface area contributed by atoms with Crippen LogP contribution in [-0.4, -0.2) is 46.8 Å². The molecule has 0 radical (unpaired) electrons. The molecule has 0 aromatic heterocycles. The van der Waals surface area contributed by atoms with Crippen molar-refractivity contribution >= 4 is 5.91 Å². The minimum Gasteiger partial charge on any atom is -0.392 e. The number of benzene rings is 4. The molecule has 0 saturated carbocycles. The molecule has 5 rings (SSSR count). The highest BCUT2D eigenvalue weighted by Gasteiger charge is 2.34. The van der Waals surface area contributed by atoms with Crippen molar-refractivity contribution in [1.29, 1.82) is 0 Å². The normalized spacial score (nSPS) is 19.2. The van der Waals surface area contributed by atoms with Crippen LogP contribution >= 0.6 is 0 Å². The molecule has 1 heterocycles. The quantitative estimate of drug-likeness (QED) is 0.0972. The molecule has 1 fully saturated rings. The Morgan fingerprint density at radius 3 is 2.00 bits per heavy atom. The zero-order chi connectivity index (χ0) is 34.5. The Hall–Kier alpha value is -4.20. The molecule has 12 heteroatoms. The summed E-state index contributed by atoms with van der Waals surface area (Å²) in [6.45, 7) is 2.04. The first-order valence-electron chi connectivity index (χ1n) is 15.3. The summed E-state index contributed by atoms with van der Waals surface area (Å²) in [7, 11) is 1.91. The van der Waals surface area contributed by atoms with E-state index in [0.29, 0.717) is 24.1 Å². The molecule has 0 unspecified atom stereocenters. The molecular formula is C36H35F5N2O5. The number of nitrogens with one attached hydrogen (secondary N) is 1. The van der Waals surface area contributed by atoms with Gasteiger partial charge in [-0.2, -0.15) is 0 Å². The Morgan fingerprint density at radius 2 is 1.40 bits per heavy atom. The second-order valence-electron chi connectivity index (χ2n) is 11.8. The van der Waals surface area contributed by atoms with Gasteiger partial charge in [0.2, 0.25) is 5.82 Å². The number of rotatable bonds is 11. The molecule has 4 aromatic carbocycles. The Kier molecular flexibility index (Phi) is 11.2. The van der Waals surface area contributed by atoms with Crippen LogP contribution in [0.15, 0.2) is 78.9 Å².